The van der Waals surface area contributed by atoms with Gasteiger partial charge < -0.3 is 0 Å². The Labute approximate surface area is 128 Å². The lowest BCUT2D eigenvalue weighted by molar-refractivity contribution is 0.0990. The third-order valence-corrected chi connectivity index (χ3v) is 3.81. The average molecular weight is 360 g/mol. The lowest BCUT2D eigenvalue weighted by atomic mass is 9.99. The van der Waals surface area contributed by atoms with Gasteiger partial charge in [-0.15, -0.1) is 0 Å². The van der Waals surface area contributed by atoms with Gasteiger partial charge >= 0.3 is 0 Å². The van der Waals surface area contributed by atoms with Crippen molar-refractivity contribution < 1.29 is 13.6 Å². The standard InChI is InChI=1S/C15H10BrClF2O/c1-8-6-9(17)2-3-10(8)14(20)7-11-13(18)5-4-12(16)15(11)19/h2-6H,7H2,1H3. The molecule has 0 heterocycles. The van der Waals surface area contributed by atoms with Gasteiger partial charge in [0.1, 0.15) is 11.6 Å². The van der Waals surface area contributed by atoms with Crippen LogP contribution in [0.1, 0.15) is 21.5 Å². The van der Waals surface area contributed by atoms with E-state index in [9.17, 15) is 13.6 Å². The predicted molar refractivity (Wildman–Crippen MR) is 78.3 cm³/mol. The van der Waals surface area contributed by atoms with Crippen LogP contribution in [0.3, 0.4) is 0 Å². The molecular weight excluding hydrogens is 350 g/mol. The molecule has 0 saturated carbocycles. The Bertz CT molecular complexity index is 686. The molecule has 0 aliphatic heterocycles. The van der Waals surface area contributed by atoms with Crippen LogP contribution in [0.4, 0.5) is 8.78 Å². The van der Waals surface area contributed by atoms with E-state index in [0.29, 0.717) is 16.1 Å². The zero-order valence-electron chi connectivity index (χ0n) is 10.5. The minimum Gasteiger partial charge on any atom is -0.294 e. The summed E-state index contributed by atoms with van der Waals surface area (Å²) in [4.78, 5) is 12.2. The number of carbonyl (C=O) groups excluding carboxylic acids is 1. The fourth-order valence-electron chi connectivity index (χ4n) is 1.93. The quantitative estimate of drug-likeness (QED) is 0.549. The van der Waals surface area contributed by atoms with Crippen LogP contribution >= 0.6 is 27.5 Å². The molecule has 0 saturated heterocycles. The molecule has 2 aromatic carbocycles. The van der Waals surface area contributed by atoms with Crippen LogP contribution in [0.15, 0.2) is 34.8 Å². The van der Waals surface area contributed by atoms with E-state index >= 15 is 0 Å². The molecule has 1 nitrogen and oxygen atoms in total. The average Bonchev–Trinajstić information content (AvgIpc) is 2.39. The van der Waals surface area contributed by atoms with Gasteiger partial charge in [-0.1, -0.05) is 11.6 Å². The fraction of sp³-hybridized carbons (Fsp3) is 0.133. The molecule has 0 atom stereocenters. The minimum atomic E-state index is -0.745. The van der Waals surface area contributed by atoms with Crippen molar-refractivity contribution in [3.63, 3.8) is 0 Å². The molecule has 2 aromatic rings. The number of hydrogen-bond acceptors (Lipinski definition) is 1. The maximum atomic E-state index is 13.8. The largest absolute Gasteiger partial charge is 0.294 e. The van der Waals surface area contributed by atoms with E-state index in [4.69, 9.17) is 11.6 Å². The van der Waals surface area contributed by atoms with Crippen molar-refractivity contribution in [1.29, 1.82) is 0 Å². The zero-order valence-corrected chi connectivity index (χ0v) is 12.9. The zero-order chi connectivity index (χ0) is 14.9. The Morgan fingerprint density at radius 3 is 2.60 bits per heavy atom. The normalized spacial score (nSPS) is 10.7. The highest BCUT2D eigenvalue weighted by atomic mass is 79.9. The number of benzene rings is 2. The molecule has 0 N–H and O–H groups in total. The molecule has 0 fully saturated rings. The molecule has 104 valence electrons. The fourth-order valence-corrected chi connectivity index (χ4v) is 2.52. The van der Waals surface area contributed by atoms with Gasteiger partial charge in [-0.3, -0.25) is 4.79 Å². The number of aryl methyl sites for hydroxylation is 1. The smallest absolute Gasteiger partial charge is 0.167 e. The molecule has 0 amide bonds. The lowest BCUT2D eigenvalue weighted by Crippen LogP contribution is -2.09. The maximum Gasteiger partial charge on any atom is 0.167 e. The highest BCUT2D eigenvalue weighted by Crippen LogP contribution is 2.24. The van der Waals surface area contributed by atoms with Gasteiger partial charge in [0.05, 0.1) is 4.47 Å². The summed E-state index contributed by atoms with van der Waals surface area (Å²) in [6.07, 6.45) is -0.334. The Morgan fingerprint density at radius 2 is 1.95 bits per heavy atom. The summed E-state index contributed by atoms with van der Waals surface area (Å²) in [5, 5.41) is 0.513. The van der Waals surface area contributed by atoms with Crippen molar-refractivity contribution in [2.24, 2.45) is 0 Å². The number of rotatable bonds is 3. The predicted octanol–water partition coefficient (Wildman–Crippen LogP) is 5.11. The first-order valence-electron chi connectivity index (χ1n) is 5.82. The van der Waals surface area contributed by atoms with Crippen LogP contribution < -0.4 is 0 Å². The molecule has 0 radical (unpaired) electrons. The van der Waals surface area contributed by atoms with Crippen LogP contribution in [0.5, 0.6) is 0 Å². The number of ketones is 1. The number of hydrogen-bond donors (Lipinski definition) is 0. The summed E-state index contributed by atoms with van der Waals surface area (Å²) in [5.74, 6) is -1.83. The van der Waals surface area contributed by atoms with Gasteiger partial charge in [-0.2, -0.15) is 0 Å². The maximum absolute atomic E-state index is 13.8. The summed E-state index contributed by atoms with van der Waals surface area (Å²) in [5.41, 5.74) is 0.852. The minimum absolute atomic E-state index is 0.134. The monoisotopic (exact) mass is 358 g/mol. The molecule has 0 aliphatic carbocycles. The first-order chi connectivity index (χ1) is 9.40. The van der Waals surface area contributed by atoms with Gasteiger partial charge in [-0.05, 0) is 58.7 Å². The van der Waals surface area contributed by atoms with Crippen molar-refractivity contribution in [3.05, 3.63) is 68.2 Å². The van der Waals surface area contributed by atoms with Crippen LogP contribution in [-0.4, -0.2) is 5.78 Å². The summed E-state index contributed by atoms with van der Waals surface area (Å²) in [6.45, 7) is 1.73. The molecule has 2 rings (SSSR count). The van der Waals surface area contributed by atoms with Gasteiger partial charge in [0.15, 0.2) is 5.78 Å². The second-order valence-corrected chi connectivity index (χ2v) is 5.67. The van der Waals surface area contributed by atoms with Crippen molar-refractivity contribution in [3.8, 4) is 0 Å². The van der Waals surface area contributed by atoms with E-state index in [1.165, 1.54) is 6.07 Å². The van der Waals surface area contributed by atoms with E-state index in [1.54, 1.807) is 25.1 Å². The van der Waals surface area contributed by atoms with Crippen molar-refractivity contribution in [1.82, 2.24) is 0 Å². The Hall–Kier alpha value is -1.26. The van der Waals surface area contributed by atoms with Crippen molar-refractivity contribution in [2.45, 2.75) is 13.3 Å². The summed E-state index contributed by atoms with van der Waals surface area (Å²) in [6, 6.07) is 7.18. The van der Waals surface area contributed by atoms with Crippen molar-refractivity contribution in [2.75, 3.05) is 0 Å². The third-order valence-electron chi connectivity index (χ3n) is 2.97. The molecular formula is C15H10BrClF2O. The van der Waals surface area contributed by atoms with E-state index in [1.807, 2.05) is 0 Å². The summed E-state index contributed by atoms with van der Waals surface area (Å²) >= 11 is 8.80. The molecule has 0 spiro atoms. The van der Waals surface area contributed by atoms with Gasteiger partial charge in [0.25, 0.3) is 0 Å². The second kappa shape index (κ2) is 6.02. The van der Waals surface area contributed by atoms with Gasteiger partial charge in [0.2, 0.25) is 0 Å². The van der Waals surface area contributed by atoms with E-state index in [-0.39, 0.29) is 22.2 Å². The molecule has 0 bridgehead atoms. The highest BCUT2D eigenvalue weighted by molar-refractivity contribution is 9.10. The number of halogens is 4. The highest BCUT2D eigenvalue weighted by Gasteiger charge is 2.18. The lowest BCUT2D eigenvalue weighted by Gasteiger charge is -2.08. The number of Topliss-reactive ketones (excluding diaryl/α,β-unsaturated/α-hetero) is 1. The summed E-state index contributed by atoms with van der Waals surface area (Å²) < 4.78 is 27.6. The van der Waals surface area contributed by atoms with E-state index in [2.05, 4.69) is 15.9 Å². The van der Waals surface area contributed by atoms with Crippen LogP contribution in [0.2, 0.25) is 5.02 Å². The SMILES string of the molecule is Cc1cc(Cl)ccc1C(=O)Cc1c(F)ccc(Br)c1F. The Kier molecular flexibility index (Phi) is 4.55. The molecule has 5 heteroatoms. The topological polar surface area (TPSA) is 17.1 Å². The molecule has 0 unspecified atom stereocenters. The van der Waals surface area contributed by atoms with Crippen LogP contribution in [-0.2, 0) is 6.42 Å². The molecule has 20 heavy (non-hydrogen) atoms. The number of carbonyl (C=O) groups is 1. The van der Waals surface area contributed by atoms with E-state index in [0.717, 1.165) is 6.07 Å². The first kappa shape index (κ1) is 15.1. The van der Waals surface area contributed by atoms with Crippen LogP contribution in [0, 0.1) is 18.6 Å². The third kappa shape index (κ3) is 3.07. The second-order valence-electron chi connectivity index (χ2n) is 4.38. The molecule has 0 aromatic heterocycles. The molecule has 0 aliphatic rings. The Balaban J connectivity index is 2.35. The van der Waals surface area contributed by atoms with E-state index < -0.39 is 11.6 Å². The van der Waals surface area contributed by atoms with Gasteiger partial charge in [-0.25, -0.2) is 8.78 Å². The summed E-state index contributed by atoms with van der Waals surface area (Å²) in [7, 11) is 0. The van der Waals surface area contributed by atoms with Crippen LogP contribution in [0.25, 0.3) is 0 Å². The van der Waals surface area contributed by atoms with Gasteiger partial charge in [0, 0.05) is 22.6 Å². The van der Waals surface area contributed by atoms with Crippen molar-refractivity contribution >= 4 is 33.3 Å². The first-order valence-corrected chi connectivity index (χ1v) is 6.99. The Morgan fingerprint density at radius 1 is 1.25 bits per heavy atom.